The van der Waals surface area contributed by atoms with Gasteiger partial charge in [-0.15, -0.1) is 0 Å². The van der Waals surface area contributed by atoms with Crippen LogP contribution in [0.4, 0.5) is 5.82 Å². The van der Waals surface area contributed by atoms with Gasteiger partial charge in [-0.3, -0.25) is 9.69 Å². The molecule has 8 heteroatoms. The number of fused-ring (bicyclic) bond motifs is 1. The molecule has 1 atom stereocenters. The van der Waals surface area contributed by atoms with Gasteiger partial charge in [0.15, 0.2) is 11.5 Å². The SMILES string of the molecule is CCN1C(=O)c2c(nc(/C=C/c3ccc(OC4CCNCC4)cc3)n2C)N(CC)C1O. The van der Waals surface area contributed by atoms with Crippen LogP contribution in [0.3, 0.4) is 0 Å². The summed E-state index contributed by atoms with van der Waals surface area (Å²) in [5, 5.41) is 13.9. The number of piperidine rings is 1. The molecule has 4 rings (SSSR count). The predicted molar refractivity (Wildman–Crippen MR) is 121 cm³/mol. The lowest BCUT2D eigenvalue weighted by atomic mass is 10.1. The van der Waals surface area contributed by atoms with Crippen molar-refractivity contribution in [2.24, 2.45) is 7.05 Å². The number of rotatable bonds is 6. The van der Waals surface area contributed by atoms with Crippen LogP contribution in [0.1, 0.15) is 48.6 Å². The number of aliphatic hydroxyl groups is 1. The zero-order valence-corrected chi connectivity index (χ0v) is 18.4. The topological polar surface area (TPSA) is 82.9 Å². The molecule has 1 fully saturated rings. The van der Waals surface area contributed by atoms with E-state index in [1.165, 1.54) is 4.90 Å². The number of hydrogen-bond acceptors (Lipinski definition) is 6. The summed E-state index contributed by atoms with van der Waals surface area (Å²) in [7, 11) is 1.83. The Morgan fingerprint density at radius 3 is 2.45 bits per heavy atom. The van der Waals surface area contributed by atoms with Crippen molar-refractivity contribution >= 4 is 23.9 Å². The zero-order chi connectivity index (χ0) is 22.0. The molecule has 0 saturated carbocycles. The minimum Gasteiger partial charge on any atom is -0.490 e. The van der Waals surface area contributed by atoms with E-state index in [-0.39, 0.29) is 12.0 Å². The molecule has 2 aromatic rings. The summed E-state index contributed by atoms with van der Waals surface area (Å²) in [4.78, 5) is 20.7. The number of benzene rings is 1. The normalized spacial score (nSPS) is 19.9. The fourth-order valence-corrected chi connectivity index (χ4v) is 4.16. The summed E-state index contributed by atoms with van der Waals surface area (Å²) in [5.41, 5.74) is 1.52. The van der Waals surface area contributed by atoms with E-state index in [2.05, 4.69) is 10.3 Å². The lowest BCUT2D eigenvalue weighted by Gasteiger charge is -2.39. The van der Waals surface area contributed by atoms with Gasteiger partial charge in [-0.05, 0) is 63.6 Å². The quantitative estimate of drug-likeness (QED) is 0.739. The van der Waals surface area contributed by atoms with Gasteiger partial charge in [0.25, 0.3) is 5.91 Å². The largest absolute Gasteiger partial charge is 0.490 e. The molecule has 3 heterocycles. The number of nitrogens with zero attached hydrogens (tertiary/aromatic N) is 4. The third kappa shape index (κ3) is 4.18. The van der Waals surface area contributed by atoms with Gasteiger partial charge in [0.1, 0.15) is 17.7 Å². The molecule has 2 N–H and O–H groups in total. The molecule has 0 spiro atoms. The Labute approximate surface area is 183 Å². The Kier molecular flexibility index (Phi) is 6.29. The predicted octanol–water partition coefficient (Wildman–Crippen LogP) is 2.30. The van der Waals surface area contributed by atoms with E-state index in [9.17, 15) is 9.90 Å². The maximum atomic E-state index is 12.9. The van der Waals surface area contributed by atoms with E-state index < -0.39 is 6.35 Å². The highest BCUT2D eigenvalue weighted by Gasteiger charge is 2.39. The summed E-state index contributed by atoms with van der Waals surface area (Å²) in [6, 6.07) is 8.01. The Hall–Kier alpha value is -2.84. The maximum absolute atomic E-state index is 12.9. The van der Waals surface area contributed by atoms with Crippen molar-refractivity contribution in [2.75, 3.05) is 31.1 Å². The molecular formula is C23H31N5O3. The van der Waals surface area contributed by atoms with Gasteiger partial charge in [-0.2, -0.15) is 0 Å². The molecule has 2 aliphatic rings. The summed E-state index contributed by atoms with van der Waals surface area (Å²) in [6.07, 6.45) is 5.21. The average Bonchev–Trinajstić information content (AvgIpc) is 3.11. The molecule has 31 heavy (non-hydrogen) atoms. The van der Waals surface area contributed by atoms with Crippen molar-refractivity contribution in [1.29, 1.82) is 0 Å². The highest BCUT2D eigenvalue weighted by atomic mass is 16.5. The number of ether oxygens (including phenoxy) is 1. The monoisotopic (exact) mass is 425 g/mol. The van der Waals surface area contributed by atoms with E-state index in [0.29, 0.717) is 30.4 Å². The first-order valence-electron chi connectivity index (χ1n) is 11.0. The van der Waals surface area contributed by atoms with E-state index in [4.69, 9.17) is 4.74 Å². The Morgan fingerprint density at radius 1 is 1.13 bits per heavy atom. The Balaban J connectivity index is 1.52. The van der Waals surface area contributed by atoms with Gasteiger partial charge in [0.2, 0.25) is 6.35 Å². The van der Waals surface area contributed by atoms with Crippen molar-refractivity contribution in [3.8, 4) is 5.75 Å². The molecule has 1 amide bonds. The molecule has 0 aliphatic carbocycles. The van der Waals surface area contributed by atoms with Crippen LogP contribution in [-0.2, 0) is 7.05 Å². The van der Waals surface area contributed by atoms with Gasteiger partial charge in [0, 0.05) is 20.1 Å². The van der Waals surface area contributed by atoms with Crippen molar-refractivity contribution in [2.45, 2.75) is 39.1 Å². The fraction of sp³-hybridized carbons (Fsp3) is 0.478. The second-order valence-corrected chi connectivity index (χ2v) is 7.89. The Bertz CT molecular complexity index is 947. The summed E-state index contributed by atoms with van der Waals surface area (Å²) in [6.45, 7) is 6.78. The zero-order valence-electron chi connectivity index (χ0n) is 18.4. The third-order valence-electron chi connectivity index (χ3n) is 5.98. The number of aromatic nitrogens is 2. The van der Waals surface area contributed by atoms with Crippen LogP contribution in [0.15, 0.2) is 24.3 Å². The average molecular weight is 426 g/mol. The molecule has 0 bridgehead atoms. The van der Waals surface area contributed by atoms with Crippen LogP contribution >= 0.6 is 0 Å². The number of nitrogens with one attached hydrogen (secondary N) is 1. The number of carbonyl (C=O) groups is 1. The molecule has 166 valence electrons. The van der Waals surface area contributed by atoms with E-state index in [1.807, 2.05) is 57.3 Å². The molecule has 0 radical (unpaired) electrons. The van der Waals surface area contributed by atoms with E-state index in [0.717, 1.165) is 37.2 Å². The number of aliphatic hydroxyl groups excluding tert-OH is 1. The fourth-order valence-electron chi connectivity index (χ4n) is 4.16. The van der Waals surface area contributed by atoms with Gasteiger partial charge < -0.3 is 24.6 Å². The highest BCUT2D eigenvalue weighted by molar-refractivity contribution is 6.00. The van der Waals surface area contributed by atoms with Gasteiger partial charge in [-0.25, -0.2) is 4.98 Å². The molecule has 1 unspecified atom stereocenters. The number of imidazole rings is 1. The second kappa shape index (κ2) is 9.11. The molecule has 8 nitrogen and oxygen atoms in total. The van der Waals surface area contributed by atoms with Crippen molar-refractivity contribution in [3.05, 3.63) is 41.3 Å². The molecule has 1 aromatic heterocycles. The highest BCUT2D eigenvalue weighted by Crippen LogP contribution is 2.30. The number of anilines is 1. The first-order valence-corrected chi connectivity index (χ1v) is 11.0. The summed E-state index contributed by atoms with van der Waals surface area (Å²) < 4.78 is 7.85. The van der Waals surface area contributed by atoms with Crippen LogP contribution in [0.25, 0.3) is 12.2 Å². The van der Waals surface area contributed by atoms with Crippen LogP contribution in [0.2, 0.25) is 0 Å². The van der Waals surface area contributed by atoms with Gasteiger partial charge in [0.05, 0.1) is 0 Å². The molecule has 1 saturated heterocycles. The third-order valence-corrected chi connectivity index (χ3v) is 5.98. The summed E-state index contributed by atoms with van der Waals surface area (Å²) in [5.74, 6) is 1.87. The van der Waals surface area contributed by atoms with Gasteiger partial charge in [-0.1, -0.05) is 18.2 Å². The number of hydrogen-bond donors (Lipinski definition) is 2. The first-order chi connectivity index (χ1) is 15.0. The van der Waals surface area contributed by atoms with E-state index >= 15 is 0 Å². The number of carbonyl (C=O) groups excluding carboxylic acids is 1. The van der Waals surface area contributed by atoms with Crippen LogP contribution in [0, 0.1) is 0 Å². The second-order valence-electron chi connectivity index (χ2n) is 7.89. The van der Waals surface area contributed by atoms with Crippen molar-refractivity contribution in [1.82, 2.24) is 19.8 Å². The van der Waals surface area contributed by atoms with Crippen LogP contribution in [-0.4, -0.2) is 64.1 Å². The number of amides is 1. The summed E-state index contributed by atoms with van der Waals surface area (Å²) >= 11 is 0. The standard InChI is InChI=1S/C23H31N5O3/c1-4-27-21-20(22(29)28(5-2)23(27)30)26(3)19(25-21)11-8-16-6-9-17(10-7-16)31-18-12-14-24-15-13-18/h6-11,18,23-24,30H,4-5,12-15H2,1-3H3/b11-8+. The lowest BCUT2D eigenvalue weighted by molar-refractivity contribution is 0.00343. The molecular weight excluding hydrogens is 394 g/mol. The smallest absolute Gasteiger partial charge is 0.277 e. The van der Waals surface area contributed by atoms with Crippen molar-refractivity contribution < 1.29 is 14.6 Å². The van der Waals surface area contributed by atoms with E-state index in [1.54, 1.807) is 9.47 Å². The maximum Gasteiger partial charge on any atom is 0.277 e. The lowest BCUT2D eigenvalue weighted by Crippen LogP contribution is -2.55. The van der Waals surface area contributed by atoms with Crippen LogP contribution in [0.5, 0.6) is 5.75 Å². The first kappa shape index (κ1) is 21.4. The van der Waals surface area contributed by atoms with Crippen LogP contribution < -0.4 is 15.0 Å². The van der Waals surface area contributed by atoms with Gasteiger partial charge >= 0.3 is 0 Å². The molecule has 1 aromatic carbocycles. The molecule has 2 aliphatic heterocycles. The minimum absolute atomic E-state index is 0.205. The minimum atomic E-state index is -0.991. The van der Waals surface area contributed by atoms with Crippen molar-refractivity contribution in [3.63, 3.8) is 0 Å². The Morgan fingerprint density at radius 2 is 1.81 bits per heavy atom.